The monoisotopic (exact) mass is 236 g/mol. The van der Waals surface area contributed by atoms with Crippen molar-refractivity contribution in [3.05, 3.63) is 0 Å². The first-order chi connectivity index (χ1) is 5.27. The molecule has 0 aromatic rings. The third-order valence-corrected chi connectivity index (χ3v) is 4.25. The van der Waals surface area contributed by atoms with Crippen molar-refractivity contribution in [1.82, 2.24) is 0 Å². The van der Waals surface area contributed by atoms with E-state index >= 15 is 0 Å². The first-order valence-electron chi connectivity index (χ1n) is 2.87. The second kappa shape index (κ2) is 4.40. The minimum atomic E-state index is -3.97. The van der Waals surface area contributed by atoms with Crippen molar-refractivity contribution in [3.8, 4) is 0 Å². The number of alkyl halides is 1. The van der Waals surface area contributed by atoms with Crippen LogP contribution < -0.4 is 0 Å². The largest absolute Gasteiger partial charge is 0.281 e. The Kier molecular flexibility index (Phi) is 4.46. The van der Waals surface area contributed by atoms with Crippen LogP contribution in [0.1, 0.15) is 0 Å². The van der Waals surface area contributed by atoms with Crippen LogP contribution in [0, 0.1) is 0 Å². The Labute approximate surface area is 76.7 Å². The minimum absolute atomic E-state index is 0.00297. The van der Waals surface area contributed by atoms with Crippen LogP contribution in [0.4, 0.5) is 0 Å². The van der Waals surface area contributed by atoms with Crippen LogP contribution in [0.5, 0.6) is 0 Å². The van der Waals surface area contributed by atoms with E-state index < -0.39 is 25.0 Å². The fourth-order valence-corrected chi connectivity index (χ4v) is 3.33. The van der Waals surface area contributed by atoms with E-state index in [0.29, 0.717) is 0 Å². The standard InChI is InChI=1S/C4H9ClO5S2/c1-11(6,7)4-12(8,9)10-3-2-5/h2-4H2,1H3. The van der Waals surface area contributed by atoms with Crippen molar-refractivity contribution >= 4 is 31.6 Å². The highest BCUT2D eigenvalue weighted by Crippen LogP contribution is 1.98. The number of sulfone groups is 1. The van der Waals surface area contributed by atoms with Gasteiger partial charge in [0.25, 0.3) is 10.1 Å². The second-order valence-electron chi connectivity index (χ2n) is 2.11. The van der Waals surface area contributed by atoms with E-state index in [9.17, 15) is 16.8 Å². The van der Waals surface area contributed by atoms with Gasteiger partial charge in [0.1, 0.15) is 0 Å². The zero-order valence-corrected chi connectivity index (χ0v) is 8.75. The molecule has 0 saturated carbocycles. The lowest BCUT2D eigenvalue weighted by Crippen LogP contribution is -2.18. The van der Waals surface area contributed by atoms with E-state index in [1.165, 1.54) is 0 Å². The van der Waals surface area contributed by atoms with Crippen LogP contribution in [0.15, 0.2) is 0 Å². The van der Waals surface area contributed by atoms with Gasteiger partial charge in [-0.05, 0) is 0 Å². The van der Waals surface area contributed by atoms with Crippen LogP contribution in [0.25, 0.3) is 0 Å². The summed E-state index contributed by atoms with van der Waals surface area (Å²) in [5.41, 5.74) is 0. The van der Waals surface area contributed by atoms with Gasteiger partial charge in [-0.25, -0.2) is 8.42 Å². The van der Waals surface area contributed by atoms with Gasteiger partial charge in [0.05, 0.1) is 6.61 Å². The van der Waals surface area contributed by atoms with Crippen LogP contribution in [-0.2, 0) is 24.1 Å². The first-order valence-corrected chi connectivity index (χ1v) is 7.05. The molecule has 0 bridgehead atoms. The summed E-state index contributed by atoms with van der Waals surface area (Å²) in [7, 11) is -7.54. The number of rotatable bonds is 5. The van der Waals surface area contributed by atoms with Crippen LogP contribution >= 0.6 is 11.6 Å². The third kappa shape index (κ3) is 6.84. The summed E-state index contributed by atoms with van der Waals surface area (Å²) in [4.78, 5) is 0. The molecule has 0 unspecified atom stereocenters. The lowest BCUT2D eigenvalue weighted by molar-refractivity contribution is 0.343. The Morgan fingerprint density at radius 2 is 1.75 bits per heavy atom. The SMILES string of the molecule is CS(=O)(=O)CS(=O)(=O)OCCCl. The lowest BCUT2D eigenvalue weighted by Gasteiger charge is -2.01. The summed E-state index contributed by atoms with van der Waals surface area (Å²) in [5, 5.41) is -1.00. The molecule has 74 valence electrons. The van der Waals surface area contributed by atoms with Crippen molar-refractivity contribution < 1.29 is 21.0 Å². The van der Waals surface area contributed by atoms with E-state index in [2.05, 4.69) is 4.18 Å². The number of halogens is 1. The molecule has 0 atom stereocenters. The summed E-state index contributed by atoms with van der Waals surface area (Å²) in [6, 6.07) is 0. The molecule has 0 N–H and O–H groups in total. The molecule has 0 aliphatic carbocycles. The van der Waals surface area contributed by atoms with Crippen molar-refractivity contribution in [3.63, 3.8) is 0 Å². The first kappa shape index (κ1) is 12.2. The summed E-state index contributed by atoms with van der Waals surface area (Å²) in [6.07, 6.45) is 0.814. The Morgan fingerprint density at radius 1 is 1.25 bits per heavy atom. The van der Waals surface area contributed by atoms with Gasteiger partial charge in [-0.3, -0.25) is 4.18 Å². The predicted octanol–water partition coefficient (Wildman–Crippen LogP) is -0.426. The summed E-state index contributed by atoms with van der Waals surface area (Å²) in [6.45, 7) is -0.209. The summed E-state index contributed by atoms with van der Waals surface area (Å²) >= 11 is 5.14. The zero-order valence-electron chi connectivity index (χ0n) is 6.36. The highest BCUT2D eigenvalue weighted by atomic mass is 35.5. The van der Waals surface area contributed by atoms with Crippen molar-refractivity contribution in [2.45, 2.75) is 0 Å². The molecule has 0 aromatic carbocycles. The third-order valence-electron chi connectivity index (χ3n) is 0.698. The average molecular weight is 237 g/mol. The fraction of sp³-hybridized carbons (Fsp3) is 1.00. The molecule has 0 spiro atoms. The Morgan fingerprint density at radius 3 is 2.08 bits per heavy atom. The molecule has 0 rings (SSSR count). The van der Waals surface area contributed by atoms with Gasteiger partial charge in [-0.2, -0.15) is 8.42 Å². The molecular formula is C4H9ClO5S2. The highest BCUT2D eigenvalue weighted by molar-refractivity contribution is 8.05. The molecule has 0 heterocycles. The maximum absolute atomic E-state index is 10.7. The van der Waals surface area contributed by atoms with E-state index in [1.54, 1.807) is 0 Å². The van der Waals surface area contributed by atoms with Gasteiger partial charge < -0.3 is 0 Å². The molecule has 0 aliphatic heterocycles. The average Bonchev–Trinajstić information content (AvgIpc) is 1.78. The molecule has 0 fully saturated rings. The quantitative estimate of drug-likeness (QED) is 0.478. The molecule has 0 aromatic heterocycles. The number of hydrogen-bond donors (Lipinski definition) is 0. The molecular weight excluding hydrogens is 228 g/mol. The normalized spacial score (nSPS) is 13.2. The topological polar surface area (TPSA) is 77.5 Å². The number of hydrogen-bond acceptors (Lipinski definition) is 5. The molecule has 0 aliphatic rings. The van der Waals surface area contributed by atoms with Gasteiger partial charge in [0.15, 0.2) is 14.9 Å². The zero-order chi connectivity index (χ0) is 9.83. The van der Waals surface area contributed by atoms with Crippen LogP contribution in [0.3, 0.4) is 0 Å². The smallest absolute Gasteiger partial charge is 0.268 e. The molecule has 0 amide bonds. The summed E-state index contributed by atoms with van der Waals surface area (Å²) < 4.78 is 46.7. The molecule has 0 saturated heterocycles. The van der Waals surface area contributed by atoms with Gasteiger partial charge in [0, 0.05) is 12.1 Å². The molecule has 8 heteroatoms. The predicted molar refractivity (Wildman–Crippen MR) is 45.3 cm³/mol. The van der Waals surface area contributed by atoms with Gasteiger partial charge in [-0.1, -0.05) is 0 Å². The van der Waals surface area contributed by atoms with Gasteiger partial charge in [0.2, 0.25) is 0 Å². The van der Waals surface area contributed by atoms with Crippen molar-refractivity contribution in [1.29, 1.82) is 0 Å². The van der Waals surface area contributed by atoms with Crippen molar-refractivity contribution in [2.24, 2.45) is 0 Å². The Balaban J connectivity index is 4.26. The maximum atomic E-state index is 10.7. The van der Waals surface area contributed by atoms with E-state index in [0.717, 1.165) is 6.26 Å². The van der Waals surface area contributed by atoms with Crippen molar-refractivity contribution in [2.75, 3.05) is 23.8 Å². The molecule has 5 nitrogen and oxygen atoms in total. The minimum Gasteiger partial charge on any atom is -0.268 e. The fourth-order valence-electron chi connectivity index (χ4n) is 0.455. The Hall–Kier alpha value is 0.150. The molecule has 12 heavy (non-hydrogen) atoms. The Bertz CT molecular complexity index is 315. The van der Waals surface area contributed by atoms with Crippen LogP contribution in [-0.4, -0.2) is 40.7 Å². The van der Waals surface area contributed by atoms with E-state index in [-0.39, 0.29) is 12.5 Å². The van der Waals surface area contributed by atoms with Crippen LogP contribution in [0.2, 0.25) is 0 Å². The lowest BCUT2D eigenvalue weighted by atomic mass is 10.9. The second-order valence-corrected chi connectivity index (χ2v) is 6.64. The van der Waals surface area contributed by atoms with Gasteiger partial charge in [-0.15, -0.1) is 11.6 Å². The highest BCUT2D eigenvalue weighted by Gasteiger charge is 2.18. The van der Waals surface area contributed by atoms with Gasteiger partial charge >= 0.3 is 0 Å². The van der Waals surface area contributed by atoms with E-state index in [1.807, 2.05) is 0 Å². The maximum Gasteiger partial charge on any atom is 0.281 e. The van der Waals surface area contributed by atoms with E-state index in [4.69, 9.17) is 11.6 Å². The molecule has 0 radical (unpaired) electrons. The summed E-state index contributed by atoms with van der Waals surface area (Å²) in [5.74, 6) is 0.00297.